The van der Waals surface area contributed by atoms with E-state index in [1.54, 1.807) is 6.20 Å². The number of aryl methyl sites for hydroxylation is 1. The molecule has 2 aromatic heterocycles. The number of aliphatic carboxylic acids is 1. The molecule has 1 amide bonds. The zero-order valence-electron chi connectivity index (χ0n) is 21.1. The number of nitrogens with one attached hydrogen (secondary N) is 2. The molecule has 0 unspecified atom stereocenters. The second-order valence-corrected chi connectivity index (χ2v) is 10.2. The summed E-state index contributed by atoms with van der Waals surface area (Å²) in [7, 11) is 0. The maximum Gasteiger partial charge on any atom is 0.326 e. The molecule has 0 bridgehead atoms. The van der Waals surface area contributed by atoms with Crippen LogP contribution < -0.4 is 15.5 Å². The number of fused-ring (bicyclic) bond motifs is 1. The van der Waals surface area contributed by atoms with E-state index in [1.165, 1.54) is 5.56 Å². The van der Waals surface area contributed by atoms with Crippen molar-refractivity contribution in [1.29, 1.82) is 0 Å². The molecule has 2 aromatic rings. The van der Waals surface area contributed by atoms with Gasteiger partial charge in [-0.25, -0.2) is 14.8 Å². The number of likely N-dealkylation sites (tertiary alicyclic amines) is 1. The summed E-state index contributed by atoms with van der Waals surface area (Å²) in [6.07, 6.45) is 5.97. The Bertz CT molecular complexity index is 1080. The van der Waals surface area contributed by atoms with Crippen LogP contribution >= 0.6 is 0 Å². The van der Waals surface area contributed by atoms with Gasteiger partial charge in [0.1, 0.15) is 17.7 Å². The molecule has 37 heavy (non-hydrogen) atoms. The molecule has 198 valence electrons. The first-order valence-corrected chi connectivity index (χ1v) is 13.3. The van der Waals surface area contributed by atoms with Crippen LogP contribution in [-0.4, -0.2) is 89.9 Å². The zero-order valence-corrected chi connectivity index (χ0v) is 21.1. The molecule has 0 aliphatic carbocycles. The highest BCUT2D eigenvalue weighted by Gasteiger charge is 2.33. The zero-order chi connectivity index (χ0) is 25.6. The molecule has 5 rings (SSSR count). The average molecular weight is 509 g/mol. The van der Waals surface area contributed by atoms with Crippen molar-refractivity contribution in [3.8, 4) is 0 Å². The lowest BCUT2D eigenvalue weighted by Gasteiger charge is -2.39. The van der Waals surface area contributed by atoms with E-state index in [4.69, 9.17) is 9.72 Å². The van der Waals surface area contributed by atoms with Gasteiger partial charge in [-0.2, -0.15) is 0 Å². The van der Waals surface area contributed by atoms with E-state index in [0.717, 1.165) is 62.8 Å². The van der Waals surface area contributed by atoms with E-state index >= 15 is 0 Å². The first kappa shape index (κ1) is 25.4. The van der Waals surface area contributed by atoms with Crippen molar-refractivity contribution >= 4 is 23.5 Å². The second kappa shape index (κ2) is 11.9. The minimum atomic E-state index is -0.992. The van der Waals surface area contributed by atoms with Crippen molar-refractivity contribution < 1.29 is 19.4 Å². The number of carboxylic acids is 1. The van der Waals surface area contributed by atoms with Gasteiger partial charge in [-0.3, -0.25) is 9.69 Å². The summed E-state index contributed by atoms with van der Waals surface area (Å²) in [5.41, 5.74) is 2.32. The fourth-order valence-corrected chi connectivity index (χ4v) is 5.23. The molecule has 3 N–H and O–H groups in total. The molecule has 2 atom stereocenters. The average Bonchev–Trinajstić information content (AvgIpc) is 3.39. The van der Waals surface area contributed by atoms with Gasteiger partial charge in [0.2, 0.25) is 5.91 Å². The van der Waals surface area contributed by atoms with E-state index < -0.39 is 12.0 Å². The number of hydrogen-bond acceptors (Lipinski definition) is 8. The lowest BCUT2D eigenvalue weighted by atomic mass is 10.1. The van der Waals surface area contributed by atoms with Crippen LogP contribution in [0, 0.1) is 5.92 Å². The summed E-state index contributed by atoms with van der Waals surface area (Å²) in [6.45, 7) is 5.06. The molecule has 5 heterocycles. The molecule has 3 aliphatic rings. The number of rotatable bonds is 11. The number of ether oxygens (including phenoxy) is 1. The molecule has 10 nitrogen and oxygen atoms in total. The van der Waals surface area contributed by atoms with Gasteiger partial charge >= 0.3 is 5.97 Å². The van der Waals surface area contributed by atoms with Gasteiger partial charge in [-0.15, -0.1) is 0 Å². The Labute approximate surface area is 217 Å². The van der Waals surface area contributed by atoms with E-state index in [2.05, 4.69) is 37.6 Å². The Morgan fingerprint density at radius 2 is 2.11 bits per heavy atom. The summed E-state index contributed by atoms with van der Waals surface area (Å²) >= 11 is 0. The molecule has 2 saturated heterocycles. The number of pyridine rings is 2. The van der Waals surface area contributed by atoms with Crippen LogP contribution in [-0.2, 0) is 27.2 Å². The summed E-state index contributed by atoms with van der Waals surface area (Å²) in [5, 5.41) is 15.8. The maximum atomic E-state index is 12.8. The first-order chi connectivity index (χ1) is 18.0. The predicted octanol–water partition coefficient (Wildman–Crippen LogP) is 1.56. The highest BCUT2D eigenvalue weighted by atomic mass is 16.5. The van der Waals surface area contributed by atoms with Crippen molar-refractivity contribution in [2.75, 3.05) is 56.1 Å². The first-order valence-electron chi connectivity index (χ1n) is 13.3. The van der Waals surface area contributed by atoms with Crippen LogP contribution in [0.3, 0.4) is 0 Å². The quantitative estimate of drug-likeness (QED) is 0.415. The van der Waals surface area contributed by atoms with Crippen molar-refractivity contribution in [3.05, 3.63) is 47.8 Å². The normalized spacial score (nSPS) is 20.5. The third kappa shape index (κ3) is 6.56. The lowest BCUT2D eigenvalue weighted by Crippen LogP contribution is -2.54. The van der Waals surface area contributed by atoms with E-state index in [-0.39, 0.29) is 17.9 Å². The molecule has 0 saturated carbocycles. The maximum absolute atomic E-state index is 12.8. The van der Waals surface area contributed by atoms with Gasteiger partial charge in [0.05, 0.1) is 18.6 Å². The number of carboxylic acid groups (broad SMARTS) is 1. The van der Waals surface area contributed by atoms with Crippen LogP contribution in [0.25, 0.3) is 0 Å². The number of amides is 1. The van der Waals surface area contributed by atoms with Gasteiger partial charge in [0, 0.05) is 57.6 Å². The minimum Gasteiger partial charge on any atom is -0.480 e. The highest BCUT2D eigenvalue weighted by molar-refractivity contribution is 5.85. The largest absolute Gasteiger partial charge is 0.480 e. The molecule has 0 aromatic carbocycles. The number of carbonyl (C=O) groups excluding carboxylic acids is 1. The molecule has 0 spiro atoms. The summed E-state index contributed by atoms with van der Waals surface area (Å²) in [6, 6.07) is 9.07. The number of anilines is 2. The molecular formula is C27H36N6O4. The van der Waals surface area contributed by atoms with E-state index in [9.17, 15) is 14.7 Å². The molecule has 2 fully saturated rings. The van der Waals surface area contributed by atoms with Gasteiger partial charge < -0.3 is 25.4 Å². The van der Waals surface area contributed by atoms with E-state index in [1.807, 2.05) is 18.2 Å². The fraction of sp³-hybridized carbons (Fsp3) is 0.556. The van der Waals surface area contributed by atoms with Crippen LogP contribution in [0.2, 0.25) is 0 Å². The van der Waals surface area contributed by atoms with Crippen molar-refractivity contribution in [2.24, 2.45) is 5.92 Å². The van der Waals surface area contributed by atoms with Crippen LogP contribution in [0.5, 0.6) is 0 Å². The number of nitrogens with zero attached hydrogens (tertiary/aromatic N) is 4. The fourth-order valence-electron chi connectivity index (χ4n) is 5.23. The smallest absolute Gasteiger partial charge is 0.326 e. The summed E-state index contributed by atoms with van der Waals surface area (Å²) in [4.78, 5) is 37.9. The summed E-state index contributed by atoms with van der Waals surface area (Å²) in [5.74, 6) is 0.441. The Morgan fingerprint density at radius 3 is 2.92 bits per heavy atom. The Hall–Kier alpha value is -3.24. The van der Waals surface area contributed by atoms with Crippen LogP contribution in [0.15, 0.2) is 36.5 Å². The third-order valence-electron chi connectivity index (χ3n) is 7.47. The Balaban J connectivity index is 0.989. The van der Waals surface area contributed by atoms with E-state index in [0.29, 0.717) is 32.5 Å². The van der Waals surface area contributed by atoms with Crippen molar-refractivity contribution in [3.63, 3.8) is 0 Å². The standard InChI is InChI=1S/C27H36N6O4/c34-26(20-8-14-33(16-20)24-5-1-2-11-28-24)31-23(27(35)36)9-13-32-17-22(18-32)37-15-10-21-7-6-19-4-3-12-29-25(19)30-21/h1-2,5-7,11,20,22-23H,3-4,8-10,12-18H2,(H,29,30)(H,31,34)(H,35,36)/t20-,23+/m1/s1. The number of carbonyl (C=O) groups is 2. The topological polar surface area (TPSA) is 120 Å². The lowest BCUT2D eigenvalue weighted by molar-refractivity contribution is -0.143. The summed E-state index contributed by atoms with van der Waals surface area (Å²) < 4.78 is 5.99. The predicted molar refractivity (Wildman–Crippen MR) is 140 cm³/mol. The highest BCUT2D eigenvalue weighted by Crippen LogP contribution is 2.23. The molecule has 10 heteroatoms. The van der Waals surface area contributed by atoms with Crippen molar-refractivity contribution in [1.82, 2.24) is 20.2 Å². The van der Waals surface area contributed by atoms with Gasteiger partial charge in [0.25, 0.3) is 0 Å². The van der Waals surface area contributed by atoms with Crippen LogP contribution in [0.1, 0.15) is 30.5 Å². The van der Waals surface area contributed by atoms with Crippen LogP contribution in [0.4, 0.5) is 11.6 Å². The SMILES string of the molecule is O=C(N[C@@H](CCN1CC(OCCc2ccc3c(n2)NCCC3)C1)C(=O)O)[C@@H]1CCN(c2ccccn2)C1. The third-order valence-corrected chi connectivity index (χ3v) is 7.47. The molecule has 0 radical (unpaired) electrons. The van der Waals surface area contributed by atoms with Crippen molar-refractivity contribution in [2.45, 2.75) is 44.2 Å². The molecular weight excluding hydrogens is 472 g/mol. The monoisotopic (exact) mass is 508 g/mol. The number of hydrogen-bond donors (Lipinski definition) is 3. The van der Waals surface area contributed by atoms with Gasteiger partial charge in [0.15, 0.2) is 0 Å². The number of aromatic nitrogens is 2. The minimum absolute atomic E-state index is 0.157. The van der Waals surface area contributed by atoms with Gasteiger partial charge in [-0.05, 0) is 49.4 Å². The van der Waals surface area contributed by atoms with Gasteiger partial charge in [-0.1, -0.05) is 12.1 Å². The Kier molecular flexibility index (Phi) is 8.15. The second-order valence-electron chi connectivity index (χ2n) is 10.2. The Morgan fingerprint density at radius 1 is 1.22 bits per heavy atom. The molecule has 3 aliphatic heterocycles.